The van der Waals surface area contributed by atoms with Gasteiger partial charge in [0.2, 0.25) is 16.4 Å². The average Bonchev–Trinajstić information content (AvgIpc) is 3.45. The van der Waals surface area contributed by atoms with Crippen LogP contribution in [0.5, 0.6) is 0 Å². The molecule has 1 aromatic carbocycles. The first kappa shape index (κ1) is 27.6. The van der Waals surface area contributed by atoms with Crippen molar-refractivity contribution in [3.63, 3.8) is 0 Å². The summed E-state index contributed by atoms with van der Waals surface area (Å²) in [6.45, 7) is 0.922. The van der Waals surface area contributed by atoms with Crippen molar-refractivity contribution in [3.8, 4) is 0 Å². The maximum absolute atomic E-state index is 13.5. The van der Waals surface area contributed by atoms with E-state index in [0.29, 0.717) is 29.5 Å². The van der Waals surface area contributed by atoms with Gasteiger partial charge in [0.1, 0.15) is 5.69 Å². The van der Waals surface area contributed by atoms with E-state index in [0.717, 1.165) is 25.9 Å². The molecule has 1 amide bonds. The summed E-state index contributed by atoms with van der Waals surface area (Å²) in [6, 6.07) is 7.37. The number of anilines is 3. The summed E-state index contributed by atoms with van der Waals surface area (Å²) in [6.07, 6.45) is 4.55. The molecule has 1 aromatic heterocycles. The number of aliphatic hydroxyl groups excluding tert-OH is 1. The van der Waals surface area contributed by atoms with E-state index >= 15 is 0 Å². The van der Waals surface area contributed by atoms with Crippen LogP contribution in [-0.4, -0.2) is 55.9 Å². The molecule has 0 bridgehead atoms. The van der Waals surface area contributed by atoms with Crippen molar-refractivity contribution in [2.45, 2.75) is 57.4 Å². The van der Waals surface area contributed by atoms with Crippen molar-refractivity contribution in [2.75, 3.05) is 40.4 Å². The molecule has 9 nitrogen and oxygen atoms in total. The predicted octanol–water partition coefficient (Wildman–Crippen LogP) is 3.82. The van der Waals surface area contributed by atoms with E-state index in [1.165, 1.54) is 35.6 Å². The van der Waals surface area contributed by atoms with Crippen LogP contribution >= 0.6 is 0 Å². The van der Waals surface area contributed by atoms with Gasteiger partial charge < -0.3 is 19.9 Å². The van der Waals surface area contributed by atoms with Crippen LogP contribution in [-0.2, 0) is 10.0 Å². The Kier molecular flexibility index (Phi) is 7.69. The Balaban J connectivity index is 1.40. The molecule has 2 saturated carbocycles. The summed E-state index contributed by atoms with van der Waals surface area (Å²) in [7, 11) is -3.76. The van der Waals surface area contributed by atoms with Gasteiger partial charge in [-0.15, -0.1) is 0 Å². The zero-order valence-electron chi connectivity index (χ0n) is 21.6. The van der Waals surface area contributed by atoms with Gasteiger partial charge in [-0.05, 0) is 80.7 Å². The fourth-order valence-corrected chi connectivity index (χ4v) is 6.68. The Morgan fingerprint density at radius 3 is 2.51 bits per heavy atom. The molecule has 5 rings (SSSR count). The van der Waals surface area contributed by atoms with Crippen molar-refractivity contribution in [3.05, 3.63) is 52.4 Å². The number of sulfonamides is 1. The van der Waals surface area contributed by atoms with Crippen LogP contribution in [0.25, 0.3) is 0 Å². The summed E-state index contributed by atoms with van der Waals surface area (Å²) >= 11 is 0. The minimum absolute atomic E-state index is 0.0530. The molecule has 12 heteroatoms. The molecule has 0 unspecified atom stereocenters. The lowest BCUT2D eigenvalue weighted by Gasteiger charge is -2.35. The molecule has 1 aliphatic heterocycles. The molecule has 1 spiro atoms. The van der Waals surface area contributed by atoms with Crippen LogP contribution in [0.4, 0.5) is 25.8 Å². The van der Waals surface area contributed by atoms with E-state index < -0.39 is 46.2 Å². The summed E-state index contributed by atoms with van der Waals surface area (Å²) in [4.78, 5) is 28.7. The number of amides is 1. The van der Waals surface area contributed by atoms with Crippen LogP contribution < -0.4 is 20.5 Å². The number of aromatic nitrogens is 1. The molecular weight excluding hydrogens is 530 g/mol. The van der Waals surface area contributed by atoms with Gasteiger partial charge in [0.05, 0.1) is 29.3 Å². The standard InChI is InChI=1S/C27H34F2N4O5S/c28-24(29)18-3-5-20(16-18)33-11-1-2-22(26(33)36)30-25(35)21-6-4-19(31-39(37,38)15-14-34)17-23(21)32-12-9-27(7-8-27)10-13-32/h1-2,4,6,11,17-18,20,24,31,34H,3,5,7-10,12-16H2,(H,30,35)/t18-,20-/m0/s1. The Morgan fingerprint density at radius 2 is 1.87 bits per heavy atom. The van der Waals surface area contributed by atoms with Crippen molar-refractivity contribution >= 4 is 33.0 Å². The average molecular weight is 565 g/mol. The Labute approximate surface area is 226 Å². The number of nitrogens with one attached hydrogen (secondary N) is 2. The van der Waals surface area contributed by atoms with Crippen molar-refractivity contribution in [1.82, 2.24) is 4.57 Å². The van der Waals surface area contributed by atoms with E-state index in [1.807, 2.05) is 0 Å². The van der Waals surface area contributed by atoms with Gasteiger partial charge in [-0.25, -0.2) is 17.2 Å². The highest BCUT2D eigenvalue weighted by molar-refractivity contribution is 7.92. The lowest BCUT2D eigenvalue weighted by Crippen LogP contribution is -2.36. The number of halogens is 2. The van der Waals surface area contributed by atoms with E-state index in [4.69, 9.17) is 5.11 Å². The van der Waals surface area contributed by atoms with Gasteiger partial charge >= 0.3 is 0 Å². The molecule has 3 N–H and O–H groups in total. The van der Waals surface area contributed by atoms with Crippen LogP contribution in [0.1, 0.15) is 61.3 Å². The van der Waals surface area contributed by atoms with E-state index in [2.05, 4.69) is 14.9 Å². The number of hydrogen-bond acceptors (Lipinski definition) is 6. The number of rotatable bonds is 9. The van der Waals surface area contributed by atoms with Crippen molar-refractivity contribution < 1.29 is 27.1 Å². The number of benzene rings is 1. The third-order valence-corrected chi connectivity index (χ3v) is 9.68. The molecule has 2 aromatic rings. The van der Waals surface area contributed by atoms with Crippen LogP contribution in [0.2, 0.25) is 0 Å². The summed E-state index contributed by atoms with van der Waals surface area (Å²) < 4.78 is 54.7. The van der Waals surface area contributed by atoms with Crippen LogP contribution in [0.15, 0.2) is 41.3 Å². The Bertz CT molecular complexity index is 1380. The number of piperidine rings is 1. The smallest absolute Gasteiger partial charge is 0.274 e. The monoisotopic (exact) mass is 564 g/mol. The first-order valence-corrected chi connectivity index (χ1v) is 15.1. The SMILES string of the molecule is O=C(Nc1cccn([C@H]2CC[C@H](C(F)F)C2)c1=O)c1ccc(NS(=O)(=O)CCO)cc1N1CCC2(CC1)CC2. The largest absolute Gasteiger partial charge is 0.395 e. The highest BCUT2D eigenvalue weighted by Crippen LogP contribution is 2.54. The Hall–Kier alpha value is -2.99. The number of hydrogen-bond donors (Lipinski definition) is 3. The summed E-state index contributed by atoms with van der Waals surface area (Å²) in [5.74, 6) is -1.71. The maximum Gasteiger partial charge on any atom is 0.274 e. The van der Waals surface area contributed by atoms with Crippen LogP contribution in [0, 0.1) is 11.3 Å². The zero-order chi connectivity index (χ0) is 27.8. The highest BCUT2D eigenvalue weighted by atomic mass is 32.2. The number of alkyl halides is 2. The molecule has 2 atom stereocenters. The topological polar surface area (TPSA) is 121 Å². The minimum Gasteiger partial charge on any atom is -0.395 e. The van der Waals surface area contributed by atoms with Crippen molar-refractivity contribution in [1.29, 1.82) is 0 Å². The second-order valence-corrected chi connectivity index (χ2v) is 12.9. The lowest BCUT2D eigenvalue weighted by molar-refractivity contribution is 0.0786. The number of carbonyl (C=O) groups excluding carboxylic acids is 1. The summed E-state index contributed by atoms with van der Waals surface area (Å²) in [5, 5.41) is 11.8. The number of pyridine rings is 1. The minimum atomic E-state index is -3.76. The lowest BCUT2D eigenvalue weighted by atomic mass is 9.93. The fraction of sp³-hybridized carbons (Fsp3) is 0.556. The zero-order valence-corrected chi connectivity index (χ0v) is 22.4. The Morgan fingerprint density at radius 1 is 1.13 bits per heavy atom. The molecule has 212 valence electrons. The van der Waals surface area contributed by atoms with E-state index in [-0.39, 0.29) is 23.8 Å². The first-order valence-electron chi connectivity index (χ1n) is 13.4. The normalized spacial score (nSPS) is 22.3. The number of carbonyl (C=O) groups is 1. The highest BCUT2D eigenvalue weighted by Gasteiger charge is 2.44. The molecular formula is C27H34F2N4O5S. The second-order valence-electron chi connectivity index (χ2n) is 11.0. The van der Waals surface area contributed by atoms with Gasteiger partial charge in [0.25, 0.3) is 11.5 Å². The first-order chi connectivity index (χ1) is 18.6. The van der Waals surface area contributed by atoms with Gasteiger partial charge in [-0.2, -0.15) is 0 Å². The molecule has 2 heterocycles. The predicted molar refractivity (Wildman–Crippen MR) is 145 cm³/mol. The maximum atomic E-state index is 13.5. The second kappa shape index (κ2) is 10.9. The third kappa shape index (κ3) is 6.11. The van der Waals surface area contributed by atoms with Gasteiger partial charge in [-0.3, -0.25) is 14.3 Å². The summed E-state index contributed by atoms with van der Waals surface area (Å²) in [5.41, 5.74) is 1.11. The molecule has 2 aliphatic carbocycles. The van der Waals surface area contributed by atoms with E-state index in [1.54, 1.807) is 18.3 Å². The molecule has 3 aliphatic rings. The molecule has 0 radical (unpaired) electrons. The number of aliphatic hydroxyl groups is 1. The quantitative estimate of drug-likeness (QED) is 0.426. The van der Waals surface area contributed by atoms with Gasteiger partial charge in [-0.1, -0.05) is 0 Å². The van der Waals surface area contributed by atoms with Gasteiger partial charge in [0, 0.05) is 31.2 Å². The molecule has 1 saturated heterocycles. The molecule has 39 heavy (non-hydrogen) atoms. The van der Waals surface area contributed by atoms with Gasteiger partial charge in [0.15, 0.2) is 0 Å². The third-order valence-electron chi connectivity index (χ3n) is 8.42. The van der Waals surface area contributed by atoms with E-state index in [9.17, 15) is 26.8 Å². The molecule has 3 fully saturated rings. The number of nitrogens with zero attached hydrogens (tertiary/aromatic N) is 2. The fourth-order valence-electron chi connectivity index (χ4n) is 5.85. The van der Waals surface area contributed by atoms with Crippen LogP contribution in [0.3, 0.4) is 0 Å². The van der Waals surface area contributed by atoms with Crippen molar-refractivity contribution in [2.24, 2.45) is 11.3 Å².